The molecule has 0 aromatic heterocycles. The van der Waals surface area contributed by atoms with Crippen LogP contribution in [0.15, 0.2) is 0 Å². The van der Waals surface area contributed by atoms with E-state index in [0.29, 0.717) is 6.54 Å². The molecule has 2 atom stereocenters. The summed E-state index contributed by atoms with van der Waals surface area (Å²) in [7, 11) is 1.37. The molecule has 2 rings (SSSR count). The Morgan fingerprint density at radius 3 is 1.86 bits per heavy atom. The molecule has 0 N–H and O–H groups in total. The van der Waals surface area contributed by atoms with Crippen molar-refractivity contribution in [3.63, 3.8) is 0 Å². The predicted octanol–water partition coefficient (Wildman–Crippen LogP) is 1.85. The first-order chi connectivity index (χ1) is 9.40. The fraction of sp³-hybridized carbons (Fsp3) is 0.812. The van der Waals surface area contributed by atoms with Gasteiger partial charge >= 0.3 is 5.97 Å². The topological polar surface area (TPSA) is 63.7 Å². The van der Waals surface area contributed by atoms with E-state index in [9.17, 15) is 14.4 Å². The first-order valence-electron chi connectivity index (χ1n) is 7.35. The minimum atomic E-state index is -0.718. The molecule has 5 nitrogen and oxygen atoms in total. The molecule has 2 amide bonds. The number of likely N-dealkylation sites (tertiary alicyclic amines) is 1. The fourth-order valence-corrected chi connectivity index (χ4v) is 3.34. The lowest BCUT2D eigenvalue weighted by Gasteiger charge is -2.28. The van der Waals surface area contributed by atoms with E-state index in [1.807, 2.05) is 41.5 Å². The molecule has 5 heteroatoms. The summed E-state index contributed by atoms with van der Waals surface area (Å²) in [5, 5.41) is 0. The summed E-state index contributed by atoms with van der Waals surface area (Å²) >= 11 is 0. The number of carbonyl (C=O) groups excluding carboxylic acids is 3. The van der Waals surface area contributed by atoms with Crippen molar-refractivity contribution in [3.05, 3.63) is 0 Å². The van der Waals surface area contributed by atoms with Crippen LogP contribution in [0.25, 0.3) is 0 Å². The summed E-state index contributed by atoms with van der Waals surface area (Å²) in [6.07, 6.45) is 0. The van der Waals surface area contributed by atoms with E-state index in [1.54, 1.807) is 0 Å². The zero-order valence-corrected chi connectivity index (χ0v) is 13.9. The van der Waals surface area contributed by atoms with Crippen LogP contribution in [-0.4, -0.2) is 36.3 Å². The molecule has 0 spiro atoms. The Hall–Kier alpha value is -1.39. The van der Waals surface area contributed by atoms with Crippen molar-refractivity contribution in [2.45, 2.75) is 41.5 Å². The molecule has 0 radical (unpaired) electrons. The largest absolute Gasteiger partial charge is 0.469 e. The monoisotopic (exact) mass is 295 g/mol. The van der Waals surface area contributed by atoms with Crippen molar-refractivity contribution in [2.75, 3.05) is 13.7 Å². The standard InChI is InChI=1S/C16H25NO4/c1-14(2)9(10(14)11(18)21-7)8-17-12(19)15(3,4)16(5,6)13(17)20/h9-10H,8H2,1-7H3. The number of amides is 2. The summed E-state index contributed by atoms with van der Waals surface area (Å²) < 4.78 is 4.81. The molecular weight excluding hydrogens is 270 g/mol. The van der Waals surface area contributed by atoms with Crippen LogP contribution in [-0.2, 0) is 19.1 Å². The molecule has 2 aliphatic rings. The van der Waals surface area contributed by atoms with Gasteiger partial charge in [0.25, 0.3) is 0 Å². The number of ether oxygens (including phenoxy) is 1. The summed E-state index contributed by atoms with van der Waals surface area (Å²) in [5.74, 6) is -0.826. The van der Waals surface area contributed by atoms with Crippen molar-refractivity contribution in [3.8, 4) is 0 Å². The van der Waals surface area contributed by atoms with Crippen molar-refractivity contribution in [1.29, 1.82) is 0 Å². The van der Waals surface area contributed by atoms with E-state index < -0.39 is 10.8 Å². The van der Waals surface area contributed by atoms with Gasteiger partial charge in [-0.05, 0) is 39.0 Å². The van der Waals surface area contributed by atoms with Gasteiger partial charge in [0.1, 0.15) is 0 Å². The van der Waals surface area contributed by atoms with Crippen LogP contribution in [0.3, 0.4) is 0 Å². The van der Waals surface area contributed by atoms with Crippen LogP contribution < -0.4 is 0 Å². The van der Waals surface area contributed by atoms with Gasteiger partial charge in [-0.1, -0.05) is 13.8 Å². The molecule has 1 heterocycles. The van der Waals surface area contributed by atoms with Gasteiger partial charge in [0.15, 0.2) is 0 Å². The molecule has 1 saturated carbocycles. The van der Waals surface area contributed by atoms with Crippen LogP contribution >= 0.6 is 0 Å². The lowest BCUT2D eigenvalue weighted by atomic mass is 9.70. The second-order valence-electron chi connectivity index (χ2n) is 7.90. The zero-order valence-electron chi connectivity index (χ0n) is 13.9. The number of hydrogen-bond acceptors (Lipinski definition) is 4. The molecule has 21 heavy (non-hydrogen) atoms. The molecule has 0 aromatic rings. The Labute approximate surface area is 126 Å². The predicted molar refractivity (Wildman–Crippen MR) is 77.1 cm³/mol. The third-order valence-electron chi connectivity index (χ3n) is 6.01. The number of methoxy groups -OCH3 is 1. The minimum Gasteiger partial charge on any atom is -0.469 e. The SMILES string of the molecule is COC(=O)C1C(CN2C(=O)C(C)(C)C(C)(C)C2=O)C1(C)C. The van der Waals surface area contributed by atoms with Gasteiger partial charge in [0, 0.05) is 6.54 Å². The lowest BCUT2D eigenvalue weighted by Crippen LogP contribution is -2.35. The third kappa shape index (κ3) is 1.93. The highest BCUT2D eigenvalue weighted by molar-refractivity contribution is 6.09. The Morgan fingerprint density at radius 1 is 1.05 bits per heavy atom. The van der Waals surface area contributed by atoms with Gasteiger partial charge in [-0.15, -0.1) is 0 Å². The summed E-state index contributed by atoms with van der Waals surface area (Å²) in [5.41, 5.74) is -1.67. The Balaban J connectivity index is 2.21. The molecular formula is C16H25NO4. The van der Waals surface area contributed by atoms with Crippen LogP contribution in [0.4, 0.5) is 0 Å². The number of esters is 1. The van der Waals surface area contributed by atoms with E-state index in [1.165, 1.54) is 12.0 Å². The fourth-order valence-electron chi connectivity index (χ4n) is 3.34. The first-order valence-corrected chi connectivity index (χ1v) is 7.35. The first kappa shape index (κ1) is 16.0. The van der Waals surface area contributed by atoms with Crippen LogP contribution in [0, 0.1) is 28.1 Å². The molecule has 1 aliphatic heterocycles. The second kappa shape index (κ2) is 4.31. The van der Waals surface area contributed by atoms with Crippen LogP contribution in [0.5, 0.6) is 0 Å². The second-order valence-corrected chi connectivity index (χ2v) is 7.90. The molecule has 1 aliphatic carbocycles. The molecule has 1 saturated heterocycles. The van der Waals surface area contributed by atoms with Gasteiger partial charge in [0.2, 0.25) is 11.8 Å². The molecule has 0 bridgehead atoms. The molecule has 2 fully saturated rings. The Bertz CT molecular complexity index is 492. The number of nitrogens with zero attached hydrogens (tertiary/aromatic N) is 1. The highest BCUT2D eigenvalue weighted by atomic mass is 16.5. The van der Waals surface area contributed by atoms with Gasteiger partial charge in [-0.3, -0.25) is 19.3 Å². The van der Waals surface area contributed by atoms with Crippen molar-refractivity contribution in [1.82, 2.24) is 4.90 Å². The number of imide groups is 1. The van der Waals surface area contributed by atoms with Gasteiger partial charge < -0.3 is 4.74 Å². The molecule has 0 aromatic carbocycles. The normalized spacial score (nSPS) is 32.2. The van der Waals surface area contributed by atoms with Crippen molar-refractivity contribution >= 4 is 17.8 Å². The lowest BCUT2D eigenvalue weighted by molar-refractivity contribution is -0.145. The summed E-state index contributed by atoms with van der Waals surface area (Å²) in [6.45, 7) is 11.5. The van der Waals surface area contributed by atoms with Crippen LogP contribution in [0.1, 0.15) is 41.5 Å². The zero-order chi connectivity index (χ0) is 16.4. The maximum Gasteiger partial charge on any atom is 0.309 e. The third-order valence-corrected chi connectivity index (χ3v) is 6.01. The van der Waals surface area contributed by atoms with E-state index >= 15 is 0 Å². The van der Waals surface area contributed by atoms with E-state index in [-0.39, 0.29) is 35.0 Å². The average Bonchev–Trinajstić information content (AvgIpc) is 2.90. The number of hydrogen-bond donors (Lipinski definition) is 0. The van der Waals surface area contributed by atoms with Gasteiger partial charge in [-0.25, -0.2) is 0 Å². The van der Waals surface area contributed by atoms with Crippen molar-refractivity contribution < 1.29 is 19.1 Å². The summed E-state index contributed by atoms with van der Waals surface area (Å²) in [6, 6.07) is 0. The number of carbonyl (C=O) groups is 3. The number of rotatable bonds is 3. The summed E-state index contributed by atoms with van der Waals surface area (Å²) in [4.78, 5) is 38.2. The highest BCUT2D eigenvalue weighted by Crippen LogP contribution is 2.60. The van der Waals surface area contributed by atoms with Crippen molar-refractivity contribution in [2.24, 2.45) is 28.1 Å². The Morgan fingerprint density at radius 2 is 1.48 bits per heavy atom. The maximum absolute atomic E-state index is 12.6. The van der Waals surface area contributed by atoms with Crippen LogP contribution in [0.2, 0.25) is 0 Å². The minimum absolute atomic E-state index is 0.0254. The Kier molecular flexibility index (Phi) is 3.28. The quantitative estimate of drug-likeness (QED) is 0.589. The highest BCUT2D eigenvalue weighted by Gasteiger charge is 2.66. The maximum atomic E-state index is 12.6. The van der Waals surface area contributed by atoms with E-state index in [0.717, 1.165) is 0 Å². The van der Waals surface area contributed by atoms with E-state index in [4.69, 9.17) is 4.74 Å². The average molecular weight is 295 g/mol. The van der Waals surface area contributed by atoms with E-state index in [2.05, 4.69) is 0 Å². The van der Waals surface area contributed by atoms with Gasteiger partial charge in [-0.2, -0.15) is 0 Å². The van der Waals surface area contributed by atoms with Gasteiger partial charge in [0.05, 0.1) is 23.9 Å². The molecule has 2 unspecified atom stereocenters. The molecule has 118 valence electrons. The smallest absolute Gasteiger partial charge is 0.309 e.